The number of amides is 6. The molecule has 0 saturated carbocycles. The number of aromatic nitrogens is 6. The van der Waals surface area contributed by atoms with Crippen LogP contribution in [-0.4, -0.2) is 138 Å². The van der Waals surface area contributed by atoms with Crippen LogP contribution in [0.15, 0.2) is 73.1 Å². The fourth-order valence-corrected chi connectivity index (χ4v) is 11.8. The molecule has 20 heteroatoms. The van der Waals surface area contributed by atoms with Gasteiger partial charge in [-0.05, 0) is 103 Å². The molecule has 422 valence electrons. The molecule has 0 aliphatic carbocycles. The fraction of sp³-hybridized carbons (Fsp3) is 0.621. The van der Waals surface area contributed by atoms with Crippen molar-refractivity contribution in [3.8, 4) is 0 Å². The molecule has 0 spiro atoms. The van der Waals surface area contributed by atoms with Crippen molar-refractivity contribution in [2.24, 2.45) is 0 Å². The molecule has 4 fully saturated rings. The summed E-state index contributed by atoms with van der Waals surface area (Å²) < 4.78 is 3.70. The molecule has 4 aromatic rings. The second-order valence-electron chi connectivity index (χ2n) is 22.0. The van der Waals surface area contributed by atoms with Gasteiger partial charge in [-0.25, -0.2) is 0 Å². The minimum absolute atomic E-state index is 0.0427. The molecule has 0 unspecified atom stereocenters. The predicted molar refractivity (Wildman–Crippen MR) is 295 cm³/mol. The quantitative estimate of drug-likeness (QED) is 0.0472. The van der Waals surface area contributed by atoms with Gasteiger partial charge >= 0.3 is 0 Å². The Hall–Kier alpha value is -6.54. The smallest absolute Gasteiger partial charge is 0.246 e. The van der Waals surface area contributed by atoms with Crippen LogP contribution in [0.25, 0.3) is 0 Å². The molecule has 4 aliphatic rings. The topological polar surface area (TPSA) is 242 Å². The van der Waals surface area contributed by atoms with Gasteiger partial charge in [0.15, 0.2) is 0 Å². The summed E-state index contributed by atoms with van der Waals surface area (Å²) in [4.78, 5) is 85.8. The number of hydrogen-bond donors (Lipinski definition) is 6. The first-order valence-corrected chi connectivity index (χ1v) is 29.0. The molecule has 0 bridgehead atoms. The highest BCUT2D eigenvalue weighted by Crippen LogP contribution is 2.34. The fourth-order valence-electron chi connectivity index (χ4n) is 11.8. The van der Waals surface area contributed by atoms with Gasteiger partial charge in [0.05, 0.1) is 36.6 Å². The summed E-state index contributed by atoms with van der Waals surface area (Å²) in [5.41, 5.74) is 3.03. The largest absolute Gasteiger partial charge is 0.343 e. The summed E-state index contributed by atoms with van der Waals surface area (Å²) in [6, 6.07) is 14.8. The normalized spacial score (nSPS) is 23.1. The SMILES string of the molecule is CN[C@@H](C)C(=O)N[C@H]1CCCC[C@H]2CC[C@@H](C(=O)N[C@@H](c3ccccc3)c3cn(CCCCCCCCCCn4cc([C@@H](NC(=O)[C@@H]5CC[C@@H]6CCCC[C@@H](NC(=O)[C@H](C)NC)C(=O)N65)c5ccccc5)nn4)nn3)N2C1=O. The summed E-state index contributed by atoms with van der Waals surface area (Å²) in [5.74, 6) is -1.29. The van der Waals surface area contributed by atoms with Crippen molar-refractivity contribution in [1.82, 2.24) is 71.7 Å². The van der Waals surface area contributed by atoms with E-state index in [-0.39, 0.29) is 47.5 Å². The molecule has 2 aromatic heterocycles. The first-order valence-electron chi connectivity index (χ1n) is 29.0. The third-order valence-electron chi connectivity index (χ3n) is 16.6. The Bertz CT molecular complexity index is 2420. The van der Waals surface area contributed by atoms with Crippen LogP contribution in [-0.2, 0) is 41.9 Å². The van der Waals surface area contributed by atoms with E-state index in [1.807, 2.05) is 82.4 Å². The maximum atomic E-state index is 14.2. The third-order valence-corrected chi connectivity index (χ3v) is 16.6. The second-order valence-corrected chi connectivity index (χ2v) is 22.0. The molecule has 10 atom stereocenters. The maximum Gasteiger partial charge on any atom is 0.246 e. The van der Waals surface area contributed by atoms with Crippen molar-refractivity contribution in [2.45, 2.75) is 216 Å². The van der Waals surface area contributed by atoms with Gasteiger partial charge in [-0.15, -0.1) is 10.2 Å². The van der Waals surface area contributed by atoms with Gasteiger partial charge < -0.3 is 41.7 Å². The van der Waals surface area contributed by atoms with Crippen LogP contribution in [0, 0.1) is 0 Å². The van der Waals surface area contributed by atoms with Gasteiger partial charge in [-0.3, -0.25) is 38.1 Å². The Balaban J connectivity index is 0.771. The maximum absolute atomic E-state index is 14.2. The second kappa shape index (κ2) is 28.4. The number of hydrogen-bond acceptors (Lipinski definition) is 12. The molecule has 4 saturated heterocycles. The zero-order valence-corrected chi connectivity index (χ0v) is 46.3. The first-order chi connectivity index (χ1) is 37.9. The van der Waals surface area contributed by atoms with E-state index < -0.39 is 48.3 Å². The van der Waals surface area contributed by atoms with Crippen molar-refractivity contribution < 1.29 is 28.8 Å². The number of aryl methyl sites for hydroxylation is 2. The Kier molecular flexibility index (Phi) is 21.0. The average Bonchev–Trinajstić information content (AvgIpc) is 4.32. The summed E-state index contributed by atoms with van der Waals surface area (Å²) >= 11 is 0. The summed E-state index contributed by atoms with van der Waals surface area (Å²) in [5, 5.41) is 36.3. The number of unbranched alkanes of at least 4 members (excludes halogenated alkanes) is 7. The lowest BCUT2D eigenvalue weighted by molar-refractivity contribution is -0.144. The number of carbonyl (C=O) groups excluding carboxylic acids is 6. The van der Waals surface area contributed by atoms with Gasteiger partial charge in [0.25, 0.3) is 0 Å². The summed E-state index contributed by atoms with van der Waals surface area (Å²) in [7, 11) is 3.43. The molecule has 2 aromatic carbocycles. The van der Waals surface area contributed by atoms with E-state index in [9.17, 15) is 28.8 Å². The lowest BCUT2D eigenvalue weighted by atomic mass is 9.98. The Morgan fingerprint density at radius 3 is 1.27 bits per heavy atom. The minimum atomic E-state index is -0.671. The molecule has 20 nitrogen and oxygen atoms in total. The van der Waals surface area contributed by atoms with E-state index in [1.54, 1.807) is 37.7 Å². The van der Waals surface area contributed by atoms with Gasteiger partial charge in [0, 0.05) is 25.2 Å². The van der Waals surface area contributed by atoms with Gasteiger partial charge in [-0.1, -0.05) is 135 Å². The third kappa shape index (κ3) is 14.8. The predicted octanol–water partition coefficient (Wildman–Crippen LogP) is 5.15. The van der Waals surface area contributed by atoms with Crippen molar-refractivity contribution >= 4 is 35.4 Å². The lowest BCUT2D eigenvalue weighted by Gasteiger charge is -2.36. The van der Waals surface area contributed by atoms with E-state index in [4.69, 9.17) is 0 Å². The molecule has 0 radical (unpaired) electrons. The molecular formula is C58H84N14O6. The van der Waals surface area contributed by atoms with Gasteiger partial charge in [-0.2, -0.15) is 0 Å². The van der Waals surface area contributed by atoms with E-state index >= 15 is 0 Å². The zero-order valence-electron chi connectivity index (χ0n) is 46.3. The van der Waals surface area contributed by atoms with Crippen molar-refractivity contribution in [3.05, 3.63) is 95.6 Å². The summed E-state index contributed by atoms with van der Waals surface area (Å²) in [6.07, 6.45) is 21.3. The number of nitrogens with zero attached hydrogens (tertiary/aromatic N) is 8. The number of fused-ring (bicyclic) bond motifs is 2. The van der Waals surface area contributed by atoms with Crippen molar-refractivity contribution in [1.29, 1.82) is 0 Å². The monoisotopic (exact) mass is 1070 g/mol. The molecule has 6 heterocycles. The van der Waals surface area contributed by atoms with E-state index in [0.29, 0.717) is 50.2 Å². The number of rotatable bonds is 25. The number of benzene rings is 2. The van der Waals surface area contributed by atoms with Gasteiger partial charge in [0.1, 0.15) is 35.6 Å². The van der Waals surface area contributed by atoms with Crippen LogP contribution in [0.2, 0.25) is 0 Å². The minimum Gasteiger partial charge on any atom is -0.343 e. The van der Waals surface area contributed by atoms with Crippen LogP contribution < -0.4 is 31.9 Å². The van der Waals surface area contributed by atoms with Crippen LogP contribution in [0.4, 0.5) is 0 Å². The van der Waals surface area contributed by atoms with Crippen molar-refractivity contribution in [2.75, 3.05) is 14.1 Å². The van der Waals surface area contributed by atoms with Crippen molar-refractivity contribution in [3.63, 3.8) is 0 Å². The van der Waals surface area contributed by atoms with Crippen LogP contribution in [0.5, 0.6) is 0 Å². The van der Waals surface area contributed by atoms with Crippen LogP contribution >= 0.6 is 0 Å². The van der Waals surface area contributed by atoms with E-state index in [2.05, 4.69) is 52.5 Å². The number of nitrogens with one attached hydrogen (secondary N) is 6. The standard InChI is InChI=1S/C58H84N14O6/c1-39(59-3)53(73)61-45-29-19-17-27-43-31-33-49(71(43)57(45)77)55(75)63-51(41-23-13-11-14-24-41)47-37-69(67-65-47)35-21-9-7-5-6-8-10-22-36-70-38-48(66-68-70)52(42-25-15-12-16-26-42)64-56(76)50-34-32-44-28-18-20-30-46(58(78)72(44)50)62-54(74)40(2)60-4/h11-16,23-26,37-40,43-46,49-52,59-60H,5-10,17-22,27-36H2,1-4H3,(H,61,73)(H,62,74)(H,63,75)(H,64,76)/t39-,40-,43-,44-,45-,46+,49-,50-,51-,52-/m0/s1. The first kappa shape index (κ1) is 57.6. The molecule has 4 aliphatic heterocycles. The molecule has 6 N–H and O–H groups in total. The molecular weight excluding hydrogens is 989 g/mol. The highest BCUT2D eigenvalue weighted by molar-refractivity contribution is 5.95. The Labute approximate surface area is 459 Å². The van der Waals surface area contributed by atoms with Gasteiger partial charge in [0.2, 0.25) is 35.4 Å². The number of likely N-dealkylation sites (N-methyl/N-ethyl adjacent to an activating group) is 2. The molecule has 78 heavy (non-hydrogen) atoms. The molecule has 8 rings (SSSR count). The highest BCUT2D eigenvalue weighted by atomic mass is 16.2. The van der Waals surface area contributed by atoms with E-state index in [1.165, 1.54) is 0 Å². The average molecular weight is 1070 g/mol. The van der Waals surface area contributed by atoms with E-state index in [0.717, 1.165) is 114 Å². The molecule has 6 amide bonds. The lowest BCUT2D eigenvalue weighted by Crippen LogP contribution is -2.58. The Morgan fingerprint density at radius 1 is 0.513 bits per heavy atom. The zero-order chi connectivity index (χ0) is 55.0. The Morgan fingerprint density at radius 2 is 0.885 bits per heavy atom. The van der Waals surface area contributed by atoms with Crippen LogP contribution in [0.3, 0.4) is 0 Å². The number of carbonyl (C=O) groups is 6. The summed E-state index contributed by atoms with van der Waals surface area (Å²) in [6.45, 7) is 4.94. The highest BCUT2D eigenvalue weighted by Gasteiger charge is 2.46. The van der Waals surface area contributed by atoms with Crippen LogP contribution in [0.1, 0.15) is 177 Å².